The minimum absolute atomic E-state index is 0.0697. The number of rotatable bonds is 10. The second kappa shape index (κ2) is 12.3. The molecule has 1 saturated carbocycles. The first-order valence-electron chi connectivity index (χ1n) is 15.0. The quantitative estimate of drug-likeness (QED) is 0.183. The van der Waals surface area contributed by atoms with Gasteiger partial charge in [0.25, 0.3) is 15.9 Å². The molecule has 0 aromatic heterocycles. The van der Waals surface area contributed by atoms with Crippen LogP contribution in [0.25, 0.3) is 10.8 Å². The van der Waals surface area contributed by atoms with Crippen LogP contribution in [0.1, 0.15) is 53.7 Å². The number of fused-ring (bicyclic) bond motifs is 3. The summed E-state index contributed by atoms with van der Waals surface area (Å²) in [6.07, 6.45) is 1.87. The van der Waals surface area contributed by atoms with Crippen LogP contribution in [-0.2, 0) is 23.0 Å². The van der Waals surface area contributed by atoms with Crippen molar-refractivity contribution in [1.29, 1.82) is 0 Å². The van der Waals surface area contributed by atoms with Crippen LogP contribution in [-0.4, -0.2) is 39.1 Å². The second-order valence-electron chi connectivity index (χ2n) is 11.5. The maximum absolute atomic E-state index is 13.9. The van der Waals surface area contributed by atoms with E-state index in [9.17, 15) is 18.0 Å². The lowest BCUT2D eigenvalue weighted by molar-refractivity contribution is 0.0993. The molecule has 0 spiro atoms. The molecule has 6 rings (SSSR count). The smallest absolute Gasteiger partial charge is 0.329 e. The van der Waals surface area contributed by atoms with Crippen molar-refractivity contribution in [2.75, 3.05) is 18.1 Å². The lowest BCUT2D eigenvalue weighted by Crippen LogP contribution is -2.46. The Bertz CT molecular complexity index is 1990. The van der Waals surface area contributed by atoms with E-state index in [0.717, 1.165) is 38.9 Å². The van der Waals surface area contributed by atoms with Gasteiger partial charge in [-0.25, -0.2) is 17.9 Å². The fourth-order valence-corrected chi connectivity index (χ4v) is 7.80. The molecular formula is C34H33Cl2N3O6S. The highest BCUT2D eigenvalue weighted by Gasteiger charge is 2.45. The first-order valence-corrected chi connectivity index (χ1v) is 17.3. The van der Waals surface area contributed by atoms with Gasteiger partial charge < -0.3 is 19.7 Å². The maximum Gasteiger partial charge on any atom is 0.329 e. The molecule has 0 saturated heterocycles. The van der Waals surface area contributed by atoms with Crippen LogP contribution in [0.5, 0.6) is 11.5 Å². The van der Waals surface area contributed by atoms with Gasteiger partial charge in [-0.2, -0.15) is 0 Å². The van der Waals surface area contributed by atoms with Crippen LogP contribution in [0, 0.1) is 6.92 Å². The van der Waals surface area contributed by atoms with Crippen molar-refractivity contribution >= 4 is 61.6 Å². The van der Waals surface area contributed by atoms with Gasteiger partial charge in [0.05, 0.1) is 35.4 Å². The average molecular weight is 683 g/mol. The zero-order valence-electron chi connectivity index (χ0n) is 25.6. The van der Waals surface area contributed by atoms with Crippen LogP contribution in [0.2, 0.25) is 10.0 Å². The lowest BCUT2D eigenvalue weighted by Gasteiger charge is -2.21. The second-order valence-corrected chi connectivity index (χ2v) is 14.0. The summed E-state index contributed by atoms with van der Waals surface area (Å²) in [6, 6.07) is 17.0. The number of sulfonamides is 1. The lowest BCUT2D eigenvalue weighted by atomic mass is 9.99. The van der Waals surface area contributed by atoms with Crippen LogP contribution in [0.4, 0.5) is 10.5 Å². The van der Waals surface area contributed by atoms with E-state index in [1.54, 1.807) is 4.90 Å². The van der Waals surface area contributed by atoms with Gasteiger partial charge in [-0.3, -0.25) is 4.79 Å². The molecule has 2 aliphatic rings. The zero-order valence-corrected chi connectivity index (χ0v) is 27.9. The van der Waals surface area contributed by atoms with Crippen molar-refractivity contribution in [2.45, 2.75) is 57.0 Å². The van der Waals surface area contributed by atoms with E-state index >= 15 is 0 Å². The monoisotopic (exact) mass is 681 g/mol. The Morgan fingerprint density at radius 3 is 2.39 bits per heavy atom. The minimum atomic E-state index is -4.24. The number of anilines is 1. The predicted octanol–water partition coefficient (Wildman–Crippen LogP) is 7.18. The molecule has 46 heavy (non-hydrogen) atoms. The Labute approximate surface area is 277 Å². The number of hydrogen-bond acceptors (Lipinski definition) is 6. The molecule has 1 aliphatic carbocycles. The molecule has 9 nitrogen and oxygen atoms in total. The third-order valence-corrected chi connectivity index (χ3v) is 10.6. The first-order chi connectivity index (χ1) is 22.0. The Hall–Kier alpha value is -3.99. The van der Waals surface area contributed by atoms with Crippen molar-refractivity contribution in [2.24, 2.45) is 0 Å². The highest BCUT2D eigenvalue weighted by molar-refractivity contribution is 7.90. The summed E-state index contributed by atoms with van der Waals surface area (Å²) in [5, 5.41) is 4.61. The molecule has 0 unspecified atom stereocenters. The van der Waals surface area contributed by atoms with E-state index in [2.05, 4.69) is 5.32 Å². The van der Waals surface area contributed by atoms with Crippen molar-refractivity contribution in [3.8, 4) is 11.5 Å². The van der Waals surface area contributed by atoms with E-state index in [0.29, 0.717) is 50.3 Å². The molecule has 1 aliphatic heterocycles. The molecule has 12 heteroatoms. The Morgan fingerprint density at radius 2 is 1.70 bits per heavy atom. The van der Waals surface area contributed by atoms with Crippen LogP contribution < -0.4 is 24.4 Å². The molecule has 240 valence electrons. The number of aryl methyl sites for hydroxylation is 1. The minimum Gasteiger partial charge on any atom is -0.493 e. The number of amides is 3. The Kier molecular flexibility index (Phi) is 8.56. The summed E-state index contributed by atoms with van der Waals surface area (Å²) in [7, 11) is -4.24. The van der Waals surface area contributed by atoms with Crippen LogP contribution in [0.3, 0.4) is 0 Å². The predicted molar refractivity (Wildman–Crippen MR) is 179 cm³/mol. The molecule has 1 fully saturated rings. The zero-order chi connectivity index (χ0) is 32.8. The number of nitrogens with zero attached hydrogens (tertiary/aromatic N) is 1. The number of carbonyl (C=O) groups excluding carboxylic acids is 2. The number of halogens is 2. The fraction of sp³-hybridized carbons (Fsp3) is 0.294. The van der Waals surface area contributed by atoms with Gasteiger partial charge in [-0.1, -0.05) is 53.5 Å². The Balaban J connectivity index is 1.21. The highest BCUT2D eigenvalue weighted by Crippen LogP contribution is 2.44. The molecule has 0 bridgehead atoms. The molecule has 4 aromatic carbocycles. The topological polar surface area (TPSA) is 114 Å². The van der Waals surface area contributed by atoms with Crippen molar-refractivity contribution < 1.29 is 27.5 Å². The number of carbonyl (C=O) groups is 2. The molecule has 1 heterocycles. The van der Waals surface area contributed by atoms with Crippen LogP contribution in [0.15, 0.2) is 65.6 Å². The molecular weight excluding hydrogens is 649 g/mol. The number of nitrogens with one attached hydrogen (secondary N) is 2. The maximum atomic E-state index is 13.9. The average Bonchev–Trinajstić information content (AvgIpc) is 3.65. The third kappa shape index (κ3) is 5.97. The van der Waals surface area contributed by atoms with Gasteiger partial charge >= 0.3 is 6.03 Å². The molecule has 2 N–H and O–H groups in total. The van der Waals surface area contributed by atoms with Gasteiger partial charge in [-0.15, -0.1) is 0 Å². The SMILES string of the molecule is CCOc1cc2cccc(OCC)c2c2c1C(=O)N(c1ccc(CC3(NC(=O)NS(=O)(=O)c4cccc(Cl)c4Cl)CC3)cc1C)C2. The number of urea groups is 1. The molecule has 0 radical (unpaired) electrons. The summed E-state index contributed by atoms with van der Waals surface area (Å²) in [6.45, 7) is 7.08. The number of benzene rings is 4. The van der Waals surface area contributed by atoms with Crippen LogP contribution >= 0.6 is 23.2 Å². The van der Waals surface area contributed by atoms with Gasteiger partial charge in [0.15, 0.2) is 0 Å². The number of ether oxygens (including phenoxy) is 2. The normalized spacial score (nSPS) is 15.1. The number of hydrogen-bond donors (Lipinski definition) is 2. The van der Waals surface area contributed by atoms with Gasteiger partial charge in [0, 0.05) is 16.6 Å². The molecule has 0 atom stereocenters. The summed E-state index contributed by atoms with van der Waals surface area (Å²) in [5.41, 5.74) is 3.44. The van der Waals surface area contributed by atoms with E-state index in [-0.39, 0.29) is 20.8 Å². The Morgan fingerprint density at radius 1 is 0.978 bits per heavy atom. The summed E-state index contributed by atoms with van der Waals surface area (Å²) < 4.78 is 39.6. The van der Waals surface area contributed by atoms with E-state index in [4.69, 9.17) is 32.7 Å². The standard InChI is InChI=1S/C34H33Cl2N3O6S/c1-4-44-26-10-6-8-22-17-27(45-5-2)30-23(29(22)26)19-39(32(30)40)25-13-12-21(16-20(25)3)18-34(14-15-34)37-33(41)38-46(42,43)28-11-7-9-24(35)31(28)36/h6-13,16-17H,4-5,14-15,18-19H2,1-3H3,(H2,37,38,41). The van der Waals surface area contributed by atoms with Crippen molar-refractivity contribution in [1.82, 2.24) is 10.0 Å². The summed E-state index contributed by atoms with van der Waals surface area (Å²) >= 11 is 12.0. The molecule has 3 amide bonds. The third-order valence-electron chi connectivity index (χ3n) is 8.33. The summed E-state index contributed by atoms with van der Waals surface area (Å²) in [4.78, 5) is 28.2. The van der Waals surface area contributed by atoms with E-state index in [1.807, 2.05) is 68.0 Å². The van der Waals surface area contributed by atoms with Gasteiger partial charge in [0.1, 0.15) is 16.4 Å². The van der Waals surface area contributed by atoms with Gasteiger partial charge in [0.2, 0.25) is 0 Å². The molecule has 4 aromatic rings. The summed E-state index contributed by atoms with van der Waals surface area (Å²) in [5.74, 6) is 1.15. The first kappa shape index (κ1) is 32.0. The van der Waals surface area contributed by atoms with Crippen molar-refractivity contribution in [3.05, 3.63) is 93.0 Å². The largest absolute Gasteiger partial charge is 0.493 e. The highest BCUT2D eigenvalue weighted by atomic mass is 35.5. The fourth-order valence-electron chi connectivity index (χ4n) is 6.13. The van der Waals surface area contributed by atoms with E-state index < -0.39 is 21.6 Å². The van der Waals surface area contributed by atoms with Crippen molar-refractivity contribution in [3.63, 3.8) is 0 Å². The van der Waals surface area contributed by atoms with E-state index in [1.165, 1.54) is 18.2 Å². The van der Waals surface area contributed by atoms with Gasteiger partial charge in [-0.05, 0) is 92.4 Å².